The van der Waals surface area contributed by atoms with E-state index in [2.05, 4.69) is 28.4 Å². The molecule has 1 aliphatic heterocycles. The summed E-state index contributed by atoms with van der Waals surface area (Å²) in [6.07, 6.45) is 12.4. The average molecular weight is 1040 g/mol. The number of nitrogens with zero attached hydrogens (tertiary/aromatic N) is 5. The molecule has 18 heteroatoms. The number of aromatic nitrogens is 3. The standard InChI is InChI=1S/C52H67Cl2N7O7S2/c1-9-11-13-15-17-19-29-67-42-27-26-38(60-69(63,64)44-28-23-36(51(3,4)5)31-43(44)68-30-20-18-16-14-12-10-2)34-45(42)70(65,66)59-37-24-21-35(22-25-37)49-56-50-46(48(52(6,7)8)57-61(50)58-49)55-39-32-40(53)47(62)41(54)33-39/h21-28,31-34,59-60,62H,9-20,29-30H2,1-8H3. The smallest absolute Gasteiger partial charge is 0.265 e. The molecule has 0 radical (unpaired) electrons. The molecule has 0 saturated carbocycles. The molecule has 0 unspecified atom stereocenters. The monoisotopic (exact) mass is 1040 g/mol. The van der Waals surface area contributed by atoms with Gasteiger partial charge in [-0.2, -0.15) is 5.10 Å². The summed E-state index contributed by atoms with van der Waals surface area (Å²) >= 11 is 12.4. The summed E-state index contributed by atoms with van der Waals surface area (Å²) in [4.78, 5) is 10.7. The fraction of sp³-hybridized carbons (Fsp3) is 0.462. The van der Waals surface area contributed by atoms with Crippen molar-refractivity contribution in [3.63, 3.8) is 0 Å². The van der Waals surface area contributed by atoms with E-state index in [4.69, 9.17) is 47.8 Å². The number of hydrogen-bond acceptors (Lipinski definition) is 11. The van der Waals surface area contributed by atoms with Crippen LogP contribution in [0.2, 0.25) is 10.0 Å². The van der Waals surface area contributed by atoms with Gasteiger partial charge in [0, 0.05) is 16.7 Å². The van der Waals surface area contributed by atoms with Crippen LogP contribution in [0.1, 0.15) is 144 Å². The van der Waals surface area contributed by atoms with Gasteiger partial charge in [0.2, 0.25) is 5.82 Å². The van der Waals surface area contributed by atoms with Crippen LogP contribution >= 0.6 is 23.2 Å². The first kappa shape index (κ1) is 54.2. The highest BCUT2D eigenvalue weighted by molar-refractivity contribution is 7.93. The Labute approximate surface area is 424 Å². The molecule has 1 aliphatic rings. The molecule has 5 aromatic rings. The number of sulfonamides is 2. The van der Waals surface area contributed by atoms with Gasteiger partial charge in [0.15, 0.2) is 11.6 Å². The highest BCUT2D eigenvalue weighted by Gasteiger charge is 2.35. The Morgan fingerprint density at radius 2 is 1.19 bits per heavy atom. The Kier molecular flexibility index (Phi) is 18.1. The van der Waals surface area contributed by atoms with Crippen LogP contribution in [0.15, 0.2) is 92.7 Å². The first-order valence-electron chi connectivity index (χ1n) is 24.2. The molecule has 0 fully saturated rings. The maximum absolute atomic E-state index is 14.4. The molecule has 0 atom stereocenters. The van der Waals surface area contributed by atoms with Crippen LogP contribution in [-0.2, 0) is 25.5 Å². The normalized spacial score (nSPS) is 13.6. The number of fused-ring (bicyclic) bond motifs is 1. The molecule has 0 spiro atoms. The third-order valence-electron chi connectivity index (χ3n) is 11.7. The number of halogens is 2. The molecular formula is C52H67Cl2N7O7S2. The number of phenolic OH excluding ortho intramolecular Hbond substituents is 1. The first-order chi connectivity index (χ1) is 33.1. The minimum atomic E-state index is -4.37. The van der Waals surface area contributed by atoms with Gasteiger partial charge in [0.25, 0.3) is 20.0 Å². The lowest BCUT2D eigenvalue weighted by Crippen LogP contribution is -2.27. The third kappa shape index (κ3) is 14.0. The van der Waals surface area contributed by atoms with Crippen molar-refractivity contribution >= 4 is 71.7 Å². The molecule has 0 amide bonds. The largest absolute Gasteiger partial charge is 0.505 e. The van der Waals surface area contributed by atoms with Gasteiger partial charge in [-0.25, -0.2) is 26.8 Å². The molecule has 3 N–H and O–H groups in total. The highest BCUT2D eigenvalue weighted by atomic mass is 35.5. The Bertz CT molecular complexity index is 2880. The predicted molar refractivity (Wildman–Crippen MR) is 283 cm³/mol. The molecule has 70 heavy (non-hydrogen) atoms. The number of phenols is 1. The van der Waals surface area contributed by atoms with Crippen molar-refractivity contribution in [2.24, 2.45) is 15.5 Å². The van der Waals surface area contributed by atoms with Gasteiger partial charge in [-0.1, -0.05) is 149 Å². The SMILES string of the molecule is CCCCCCCCOc1cc(C(C)(C)C)ccc1S(=O)(=O)Nc1ccc(OCCCCCCCC)c(S(=O)(=O)Nc2ccc(-c3nc4n(n3)N=C(C(C)(C)C)C4=Nc3cc(Cl)c(O)c(Cl)c3)cc2)c1. The molecule has 14 nitrogen and oxygen atoms in total. The Morgan fingerprint density at radius 3 is 1.77 bits per heavy atom. The molecule has 1 aromatic heterocycles. The van der Waals surface area contributed by atoms with Crippen LogP contribution in [0.5, 0.6) is 17.2 Å². The van der Waals surface area contributed by atoms with Crippen LogP contribution in [0.25, 0.3) is 11.4 Å². The molecule has 2 heterocycles. The summed E-state index contributed by atoms with van der Waals surface area (Å²) in [5.74, 6) is 0.753. The van der Waals surface area contributed by atoms with Crippen LogP contribution in [-0.4, -0.2) is 61.5 Å². The summed E-state index contributed by atoms with van der Waals surface area (Å²) in [6, 6.07) is 18.8. The minimum absolute atomic E-state index is 0.0279. The van der Waals surface area contributed by atoms with E-state index in [9.17, 15) is 21.9 Å². The molecule has 0 aliphatic carbocycles. The lowest BCUT2D eigenvalue weighted by molar-refractivity contribution is 0.296. The predicted octanol–water partition coefficient (Wildman–Crippen LogP) is 13.7. The molecular weight excluding hydrogens is 970 g/mol. The van der Waals surface area contributed by atoms with Crippen LogP contribution in [0.4, 0.5) is 17.1 Å². The van der Waals surface area contributed by atoms with Gasteiger partial charge >= 0.3 is 0 Å². The van der Waals surface area contributed by atoms with Crippen molar-refractivity contribution in [3.8, 4) is 28.6 Å². The lowest BCUT2D eigenvalue weighted by Gasteiger charge is -2.22. The lowest BCUT2D eigenvalue weighted by atomic mass is 9.87. The van der Waals surface area contributed by atoms with E-state index in [-0.39, 0.29) is 60.5 Å². The van der Waals surface area contributed by atoms with Gasteiger partial charge in [-0.3, -0.25) is 9.44 Å². The number of rotatable bonds is 24. The summed E-state index contributed by atoms with van der Waals surface area (Å²) in [5.41, 5.74) is 2.48. The van der Waals surface area contributed by atoms with E-state index < -0.39 is 25.5 Å². The quantitative estimate of drug-likeness (QED) is 0.0506. The first-order valence-corrected chi connectivity index (χ1v) is 27.9. The second kappa shape index (κ2) is 23.4. The Hall–Kier alpha value is -5.16. The van der Waals surface area contributed by atoms with E-state index in [1.807, 2.05) is 41.5 Å². The van der Waals surface area contributed by atoms with E-state index in [1.54, 1.807) is 42.5 Å². The summed E-state index contributed by atoms with van der Waals surface area (Å²) in [6.45, 7) is 17.1. The van der Waals surface area contributed by atoms with Gasteiger partial charge in [-0.15, -0.1) is 9.89 Å². The number of benzene rings is 4. The van der Waals surface area contributed by atoms with Crippen LogP contribution in [0.3, 0.4) is 0 Å². The van der Waals surface area contributed by atoms with Crippen LogP contribution in [0, 0.1) is 5.41 Å². The molecule has 6 rings (SSSR count). The second-order valence-electron chi connectivity index (χ2n) is 19.7. The fourth-order valence-electron chi connectivity index (χ4n) is 7.69. The molecule has 0 bridgehead atoms. The third-order valence-corrected chi connectivity index (χ3v) is 15.1. The van der Waals surface area contributed by atoms with E-state index >= 15 is 0 Å². The topological polar surface area (TPSA) is 186 Å². The van der Waals surface area contributed by atoms with Crippen molar-refractivity contribution in [1.82, 2.24) is 14.9 Å². The fourth-order valence-corrected chi connectivity index (χ4v) is 10.6. The number of unbranched alkanes of at least 4 members (excludes halogenated alkanes) is 10. The Morgan fingerprint density at radius 1 is 0.643 bits per heavy atom. The van der Waals surface area contributed by atoms with Gasteiger partial charge in [-0.05, 0) is 90.6 Å². The van der Waals surface area contributed by atoms with Gasteiger partial charge < -0.3 is 14.6 Å². The Balaban J connectivity index is 1.26. The van der Waals surface area contributed by atoms with Gasteiger partial charge in [0.1, 0.15) is 27.0 Å². The van der Waals surface area contributed by atoms with Crippen molar-refractivity contribution in [1.29, 1.82) is 0 Å². The highest BCUT2D eigenvalue weighted by Crippen LogP contribution is 2.38. The van der Waals surface area contributed by atoms with Crippen molar-refractivity contribution < 1.29 is 31.4 Å². The average Bonchev–Trinajstić information content (AvgIpc) is 3.87. The number of hydrogen-bond donors (Lipinski definition) is 3. The zero-order valence-electron chi connectivity index (χ0n) is 41.5. The van der Waals surface area contributed by atoms with E-state index in [0.717, 1.165) is 76.2 Å². The maximum atomic E-state index is 14.4. The van der Waals surface area contributed by atoms with Crippen molar-refractivity contribution in [2.45, 2.75) is 148 Å². The van der Waals surface area contributed by atoms with Crippen LogP contribution < -0.4 is 18.9 Å². The number of aromatic hydroxyl groups is 1. The maximum Gasteiger partial charge on any atom is 0.265 e. The number of ether oxygens (including phenoxy) is 2. The number of nitrogens with one attached hydrogen (secondary N) is 2. The number of anilines is 2. The second-order valence-corrected chi connectivity index (χ2v) is 23.8. The summed E-state index contributed by atoms with van der Waals surface area (Å²) in [5, 5.41) is 19.5. The zero-order valence-corrected chi connectivity index (χ0v) is 44.7. The molecule has 4 aromatic carbocycles. The molecule has 0 saturated heterocycles. The van der Waals surface area contributed by atoms with E-state index in [0.29, 0.717) is 40.9 Å². The molecule has 378 valence electrons. The number of aliphatic imine (C=N–C) groups is 1. The van der Waals surface area contributed by atoms with Crippen molar-refractivity contribution in [3.05, 3.63) is 94.2 Å². The minimum Gasteiger partial charge on any atom is -0.505 e. The van der Waals surface area contributed by atoms with Gasteiger partial charge in [0.05, 0.1) is 40.3 Å². The zero-order chi connectivity index (χ0) is 50.9. The summed E-state index contributed by atoms with van der Waals surface area (Å²) in [7, 11) is -8.65. The van der Waals surface area contributed by atoms with Crippen molar-refractivity contribution in [2.75, 3.05) is 22.7 Å². The van der Waals surface area contributed by atoms with E-state index in [1.165, 1.54) is 41.5 Å². The summed E-state index contributed by atoms with van der Waals surface area (Å²) < 4.78 is 74.7.